The van der Waals surface area contributed by atoms with Gasteiger partial charge in [0, 0.05) is 31.6 Å². The highest BCUT2D eigenvalue weighted by Crippen LogP contribution is 2.36. The molecule has 2 amide bonds. The predicted molar refractivity (Wildman–Crippen MR) is 125 cm³/mol. The number of nitrogens with one attached hydrogen (secondary N) is 2. The quantitative estimate of drug-likeness (QED) is 0.674. The van der Waals surface area contributed by atoms with Crippen molar-refractivity contribution in [3.05, 3.63) is 53.6 Å². The first-order valence-corrected chi connectivity index (χ1v) is 12.6. The summed E-state index contributed by atoms with van der Waals surface area (Å²) in [6.45, 7) is 4.43. The van der Waals surface area contributed by atoms with Gasteiger partial charge in [-0.05, 0) is 50.3 Å². The van der Waals surface area contributed by atoms with Crippen LogP contribution in [0.3, 0.4) is 0 Å². The molecule has 1 fully saturated rings. The van der Waals surface area contributed by atoms with Gasteiger partial charge in [0.15, 0.2) is 6.10 Å². The van der Waals surface area contributed by atoms with E-state index in [0.29, 0.717) is 36.4 Å². The van der Waals surface area contributed by atoms with E-state index >= 15 is 0 Å². The van der Waals surface area contributed by atoms with Crippen LogP contribution in [-0.2, 0) is 26.0 Å². The van der Waals surface area contributed by atoms with Gasteiger partial charge in [0.2, 0.25) is 15.9 Å². The summed E-state index contributed by atoms with van der Waals surface area (Å²) < 4.78 is 33.7. The Morgan fingerprint density at radius 1 is 1.18 bits per heavy atom. The molecule has 33 heavy (non-hydrogen) atoms. The molecule has 9 heteroatoms. The van der Waals surface area contributed by atoms with Crippen LogP contribution in [0.1, 0.15) is 30.9 Å². The highest BCUT2D eigenvalue weighted by molar-refractivity contribution is 7.89. The molecule has 2 aromatic carbocycles. The minimum atomic E-state index is -3.75. The number of nitrogens with zero attached hydrogens (tertiary/aromatic N) is 1. The van der Waals surface area contributed by atoms with Crippen LogP contribution >= 0.6 is 0 Å². The second kappa shape index (κ2) is 9.52. The molecule has 0 aliphatic carbocycles. The zero-order valence-electron chi connectivity index (χ0n) is 18.8. The summed E-state index contributed by atoms with van der Waals surface area (Å²) >= 11 is 0. The Kier molecular flexibility index (Phi) is 6.71. The number of rotatable bonds is 6. The first-order valence-electron chi connectivity index (χ1n) is 11.2. The second-order valence-corrected chi connectivity index (χ2v) is 10.5. The fraction of sp³-hybridized carbons (Fsp3) is 0.417. The zero-order chi connectivity index (χ0) is 23.6. The van der Waals surface area contributed by atoms with Gasteiger partial charge >= 0.3 is 0 Å². The Morgan fingerprint density at radius 3 is 2.58 bits per heavy atom. The fourth-order valence-corrected chi connectivity index (χ4v) is 5.93. The number of fused-ring (bicyclic) bond motifs is 1. The molecule has 1 unspecified atom stereocenters. The van der Waals surface area contributed by atoms with Gasteiger partial charge in [-0.15, -0.1) is 0 Å². The molecule has 0 spiro atoms. The number of ether oxygens (including phenoxy) is 1. The monoisotopic (exact) mass is 471 g/mol. The van der Waals surface area contributed by atoms with Crippen LogP contribution in [0.15, 0.2) is 47.4 Å². The van der Waals surface area contributed by atoms with Crippen molar-refractivity contribution in [1.29, 1.82) is 0 Å². The highest BCUT2D eigenvalue weighted by atomic mass is 32.2. The molecule has 176 valence electrons. The lowest BCUT2D eigenvalue weighted by molar-refractivity contribution is -0.126. The van der Waals surface area contributed by atoms with Crippen LogP contribution in [0.5, 0.6) is 5.75 Å². The number of amides is 2. The van der Waals surface area contributed by atoms with E-state index in [-0.39, 0.29) is 35.7 Å². The van der Waals surface area contributed by atoms with Crippen LogP contribution < -0.4 is 15.4 Å². The molecule has 0 saturated carbocycles. The normalized spacial score (nSPS) is 19.3. The molecule has 2 N–H and O–H groups in total. The maximum atomic E-state index is 13.3. The number of aryl methyl sites for hydroxylation is 1. The zero-order valence-corrected chi connectivity index (χ0v) is 19.7. The first kappa shape index (κ1) is 23.3. The Morgan fingerprint density at radius 2 is 1.88 bits per heavy atom. The molecule has 8 nitrogen and oxygen atoms in total. The smallest absolute Gasteiger partial charge is 0.265 e. The average Bonchev–Trinajstić information content (AvgIpc) is 2.80. The van der Waals surface area contributed by atoms with E-state index in [1.807, 2.05) is 30.3 Å². The standard InChI is InChI=1S/C24H29N3O5S/c1-16-14-20-21(32-17(2)23(28)26-20)15-22(16)33(30,31)27-12-9-19(10-13-27)24(29)25-11-8-18-6-4-3-5-7-18/h3-7,14-15,17,19H,8-13H2,1-2H3,(H,25,29)(H,26,28). The first-order chi connectivity index (χ1) is 15.8. The average molecular weight is 472 g/mol. The maximum absolute atomic E-state index is 13.3. The summed E-state index contributed by atoms with van der Waals surface area (Å²) in [4.78, 5) is 24.5. The summed E-state index contributed by atoms with van der Waals surface area (Å²) in [6.07, 6.45) is 1.03. The number of anilines is 1. The summed E-state index contributed by atoms with van der Waals surface area (Å²) in [5, 5.41) is 5.72. The van der Waals surface area contributed by atoms with Crippen molar-refractivity contribution in [1.82, 2.24) is 9.62 Å². The Labute approximate surface area is 194 Å². The van der Waals surface area contributed by atoms with Crippen molar-refractivity contribution < 1.29 is 22.7 Å². The Bertz CT molecular complexity index is 1140. The van der Waals surface area contributed by atoms with E-state index < -0.39 is 16.1 Å². The molecule has 1 atom stereocenters. The van der Waals surface area contributed by atoms with E-state index in [9.17, 15) is 18.0 Å². The van der Waals surface area contributed by atoms with Crippen molar-refractivity contribution in [2.24, 2.45) is 5.92 Å². The van der Waals surface area contributed by atoms with E-state index in [0.717, 1.165) is 12.0 Å². The molecule has 2 heterocycles. The molecular weight excluding hydrogens is 442 g/mol. The van der Waals surface area contributed by atoms with Gasteiger partial charge in [-0.2, -0.15) is 4.31 Å². The lowest BCUT2D eigenvalue weighted by Gasteiger charge is -2.31. The van der Waals surface area contributed by atoms with Crippen LogP contribution in [-0.4, -0.2) is 50.3 Å². The SMILES string of the molecule is Cc1cc2c(cc1S(=O)(=O)N1CCC(C(=O)NCCc3ccccc3)CC1)OC(C)C(=O)N2. The molecule has 4 rings (SSSR count). The van der Waals surface area contributed by atoms with E-state index in [1.165, 1.54) is 10.4 Å². The van der Waals surface area contributed by atoms with E-state index in [2.05, 4.69) is 10.6 Å². The fourth-order valence-electron chi connectivity index (χ4n) is 4.24. The molecule has 0 aromatic heterocycles. The van der Waals surface area contributed by atoms with E-state index in [1.54, 1.807) is 19.9 Å². The number of hydrogen-bond donors (Lipinski definition) is 2. The Balaban J connectivity index is 1.36. The van der Waals surface area contributed by atoms with Crippen LogP contribution in [0, 0.1) is 12.8 Å². The van der Waals surface area contributed by atoms with Crippen molar-refractivity contribution in [3.63, 3.8) is 0 Å². The largest absolute Gasteiger partial charge is 0.479 e. The summed E-state index contributed by atoms with van der Waals surface area (Å²) in [6, 6.07) is 13.1. The molecule has 1 saturated heterocycles. The van der Waals surface area contributed by atoms with Crippen LogP contribution in [0.25, 0.3) is 0 Å². The molecule has 2 aliphatic rings. The third kappa shape index (κ3) is 5.04. The lowest BCUT2D eigenvalue weighted by Crippen LogP contribution is -2.43. The maximum Gasteiger partial charge on any atom is 0.265 e. The van der Waals surface area contributed by atoms with E-state index in [4.69, 9.17) is 4.74 Å². The van der Waals surface area contributed by atoms with Gasteiger partial charge < -0.3 is 15.4 Å². The third-order valence-electron chi connectivity index (χ3n) is 6.21. The van der Waals surface area contributed by atoms with Gasteiger partial charge in [-0.1, -0.05) is 30.3 Å². The topological polar surface area (TPSA) is 105 Å². The van der Waals surface area contributed by atoms with Crippen molar-refractivity contribution in [3.8, 4) is 5.75 Å². The number of benzene rings is 2. The highest BCUT2D eigenvalue weighted by Gasteiger charge is 2.34. The summed E-state index contributed by atoms with van der Waals surface area (Å²) in [5.74, 6) is -0.136. The van der Waals surface area contributed by atoms with Gasteiger partial charge in [0.05, 0.1) is 10.6 Å². The summed E-state index contributed by atoms with van der Waals surface area (Å²) in [7, 11) is -3.75. The molecule has 2 aromatic rings. The van der Waals surface area contributed by atoms with Gasteiger partial charge in [-0.3, -0.25) is 9.59 Å². The molecule has 2 aliphatic heterocycles. The van der Waals surface area contributed by atoms with Crippen LogP contribution in [0.2, 0.25) is 0 Å². The van der Waals surface area contributed by atoms with Gasteiger partial charge in [0.25, 0.3) is 5.91 Å². The molecule has 0 radical (unpaired) electrons. The van der Waals surface area contributed by atoms with Crippen molar-refractivity contribution >= 4 is 27.5 Å². The van der Waals surface area contributed by atoms with Gasteiger partial charge in [-0.25, -0.2) is 8.42 Å². The van der Waals surface area contributed by atoms with Crippen molar-refractivity contribution in [2.75, 3.05) is 25.0 Å². The van der Waals surface area contributed by atoms with Crippen LogP contribution in [0.4, 0.5) is 5.69 Å². The third-order valence-corrected chi connectivity index (χ3v) is 8.25. The number of carbonyl (C=O) groups is 2. The lowest BCUT2D eigenvalue weighted by atomic mass is 9.97. The minimum absolute atomic E-state index is 0.0222. The number of carbonyl (C=O) groups excluding carboxylic acids is 2. The van der Waals surface area contributed by atoms with Crippen molar-refractivity contribution in [2.45, 2.75) is 44.1 Å². The number of piperidine rings is 1. The molecular formula is C24H29N3O5S. The second-order valence-electron chi connectivity index (χ2n) is 8.57. The number of sulfonamides is 1. The summed E-state index contributed by atoms with van der Waals surface area (Å²) in [5.41, 5.74) is 2.17. The number of hydrogen-bond acceptors (Lipinski definition) is 5. The van der Waals surface area contributed by atoms with Gasteiger partial charge in [0.1, 0.15) is 5.75 Å². The Hall–Kier alpha value is -2.91. The predicted octanol–water partition coefficient (Wildman–Crippen LogP) is 2.47. The minimum Gasteiger partial charge on any atom is -0.479 e. The molecule has 0 bridgehead atoms.